The maximum absolute atomic E-state index is 12.7. The van der Waals surface area contributed by atoms with Gasteiger partial charge in [-0.3, -0.25) is 0 Å². The first kappa shape index (κ1) is 10.3. The van der Waals surface area contributed by atoms with Crippen LogP contribution in [0.5, 0.6) is 0 Å². The molecule has 1 N–H and O–H groups in total. The number of aliphatic hydroxyl groups excluding tert-OH is 1. The topological polar surface area (TPSA) is 33.1 Å². The van der Waals surface area contributed by atoms with Gasteiger partial charge in [-0.1, -0.05) is 0 Å². The molecule has 0 aliphatic heterocycles. The van der Waals surface area contributed by atoms with Crippen LogP contribution < -0.4 is 0 Å². The molecule has 1 heterocycles. The molecule has 1 aromatic carbocycles. The van der Waals surface area contributed by atoms with Crippen molar-refractivity contribution in [2.24, 2.45) is 0 Å². The van der Waals surface area contributed by atoms with E-state index in [1.807, 2.05) is 5.38 Å². The first-order valence-electron chi connectivity index (χ1n) is 4.61. The summed E-state index contributed by atoms with van der Waals surface area (Å²) in [7, 11) is 0. The molecule has 0 saturated carbocycles. The van der Waals surface area contributed by atoms with E-state index in [1.165, 1.54) is 23.5 Å². The second-order valence-corrected chi connectivity index (χ2v) is 3.98. The number of hydrogen-bond donors (Lipinski definition) is 1. The second-order valence-electron chi connectivity index (χ2n) is 3.12. The first-order chi connectivity index (χ1) is 7.29. The fraction of sp³-hybridized carbons (Fsp3) is 0.182. The minimum Gasteiger partial charge on any atom is -0.396 e. The Labute approximate surface area is 91.0 Å². The molecule has 15 heavy (non-hydrogen) atoms. The normalized spacial score (nSPS) is 10.5. The van der Waals surface area contributed by atoms with Crippen molar-refractivity contribution in [3.63, 3.8) is 0 Å². The van der Waals surface area contributed by atoms with Crippen LogP contribution in [-0.2, 0) is 6.42 Å². The lowest BCUT2D eigenvalue weighted by Crippen LogP contribution is -1.90. The van der Waals surface area contributed by atoms with Crippen LogP contribution in [-0.4, -0.2) is 16.7 Å². The highest BCUT2D eigenvalue weighted by Gasteiger charge is 2.04. The van der Waals surface area contributed by atoms with Gasteiger partial charge in [0.2, 0.25) is 0 Å². The molecule has 0 saturated heterocycles. The number of thiazole rings is 1. The molecule has 2 nitrogen and oxygen atoms in total. The zero-order chi connectivity index (χ0) is 10.7. The number of aliphatic hydroxyl groups is 1. The summed E-state index contributed by atoms with van der Waals surface area (Å²) >= 11 is 1.50. The Kier molecular flexibility index (Phi) is 3.08. The Hall–Kier alpha value is -1.26. The third kappa shape index (κ3) is 2.40. The smallest absolute Gasteiger partial charge is 0.123 e. The van der Waals surface area contributed by atoms with Gasteiger partial charge in [0.1, 0.15) is 10.8 Å². The van der Waals surface area contributed by atoms with Crippen molar-refractivity contribution in [1.29, 1.82) is 0 Å². The quantitative estimate of drug-likeness (QED) is 0.867. The highest BCUT2D eigenvalue weighted by atomic mass is 32.1. The lowest BCUT2D eigenvalue weighted by Gasteiger charge is -1.95. The van der Waals surface area contributed by atoms with Crippen molar-refractivity contribution in [2.45, 2.75) is 6.42 Å². The number of hydrogen-bond acceptors (Lipinski definition) is 3. The van der Waals surface area contributed by atoms with Gasteiger partial charge in [0, 0.05) is 24.0 Å². The van der Waals surface area contributed by atoms with Crippen LogP contribution in [0.25, 0.3) is 10.6 Å². The molecule has 0 amide bonds. The number of aromatic nitrogens is 1. The van der Waals surface area contributed by atoms with Crippen LogP contribution in [0, 0.1) is 5.82 Å². The molecule has 1 aromatic heterocycles. The van der Waals surface area contributed by atoms with E-state index >= 15 is 0 Å². The second kappa shape index (κ2) is 4.51. The van der Waals surface area contributed by atoms with E-state index in [2.05, 4.69) is 4.98 Å². The van der Waals surface area contributed by atoms with Crippen molar-refractivity contribution in [3.8, 4) is 10.6 Å². The standard InChI is InChI=1S/C11H10FNOS/c12-9-3-1-8(2-4-9)11-13-10(5-6-14)7-15-11/h1-4,7,14H,5-6H2. The van der Waals surface area contributed by atoms with Crippen LogP contribution in [0.3, 0.4) is 0 Å². The average Bonchev–Trinajstić information content (AvgIpc) is 2.68. The summed E-state index contributed by atoms with van der Waals surface area (Å²) in [6.45, 7) is 0.104. The van der Waals surface area contributed by atoms with E-state index in [4.69, 9.17) is 5.11 Å². The molecule has 4 heteroatoms. The maximum atomic E-state index is 12.7. The highest BCUT2D eigenvalue weighted by molar-refractivity contribution is 7.13. The number of rotatable bonds is 3. The monoisotopic (exact) mass is 223 g/mol. The Morgan fingerprint density at radius 2 is 2.00 bits per heavy atom. The molecule has 0 aliphatic carbocycles. The molecule has 0 aliphatic rings. The Morgan fingerprint density at radius 1 is 1.27 bits per heavy atom. The van der Waals surface area contributed by atoms with Gasteiger partial charge in [0.05, 0.1) is 5.69 Å². The fourth-order valence-electron chi connectivity index (χ4n) is 1.26. The van der Waals surface area contributed by atoms with E-state index in [9.17, 15) is 4.39 Å². The summed E-state index contributed by atoms with van der Waals surface area (Å²) in [5, 5.41) is 11.5. The van der Waals surface area contributed by atoms with Crippen LogP contribution in [0.1, 0.15) is 5.69 Å². The first-order valence-corrected chi connectivity index (χ1v) is 5.49. The van der Waals surface area contributed by atoms with Gasteiger partial charge in [-0.15, -0.1) is 11.3 Å². The predicted molar refractivity (Wildman–Crippen MR) is 58.3 cm³/mol. The number of halogens is 1. The molecular weight excluding hydrogens is 213 g/mol. The molecule has 0 spiro atoms. The molecule has 2 rings (SSSR count). The Balaban J connectivity index is 2.25. The fourth-order valence-corrected chi connectivity index (χ4v) is 2.12. The Morgan fingerprint density at radius 3 is 2.67 bits per heavy atom. The summed E-state index contributed by atoms with van der Waals surface area (Å²) in [4.78, 5) is 4.34. The van der Waals surface area contributed by atoms with Crippen molar-refractivity contribution < 1.29 is 9.50 Å². The maximum Gasteiger partial charge on any atom is 0.123 e. The lowest BCUT2D eigenvalue weighted by atomic mass is 10.2. The molecule has 0 unspecified atom stereocenters. The molecular formula is C11H10FNOS. The van der Waals surface area contributed by atoms with Crippen molar-refractivity contribution >= 4 is 11.3 Å². The highest BCUT2D eigenvalue weighted by Crippen LogP contribution is 2.23. The van der Waals surface area contributed by atoms with Crippen LogP contribution in [0.4, 0.5) is 4.39 Å². The third-order valence-corrected chi connectivity index (χ3v) is 2.95. The van der Waals surface area contributed by atoms with E-state index < -0.39 is 0 Å². The molecule has 2 aromatic rings. The minimum absolute atomic E-state index is 0.104. The van der Waals surface area contributed by atoms with E-state index in [0.29, 0.717) is 6.42 Å². The van der Waals surface area contributed by atoms with E-state index in [0.717, 1.165) is 16.3 Å². The predicted octanol–water partition coefficient (Wildman–Crippen LogP) is 2.48. The minimum atomic E-state index is -0.245. The zero-order valence-electron chi connectivity index (χ0n) is 7.98. The van der Waals surface area contributed by atoms with E-state index in [1.54, 1.807) is 12.1 Å². The van der Waals surface area contributed by atoms with Crippen LogP contribution in [0.2, 0.25) is 0 Å². The summed E-state index contributed by atoms with van der Waals surface area (Å²) < 4.78 is 12.7. The molecule has 0 atom stereocenters. The molecule has 0 radical (unpaired) electrons. The third-order valence-electron chi connectivity index (χ3n) is 2.01. The van der Waals surface area contributed by atoms with Crippen molar-refractivity contribution in [1.82, 2.24) is 4.98 Å². The average molecular weight is 223 g/mol. The van der Waals surface area contributed by atoms with Gasteiger partial charge in [-0.2, -0.15) is 0 Å². The van der Waals surface area contributed by atoms with Crippen molar-refractivity contribution in [3.05, 3.63) is 41.2 Å². The molecule has 0 bridgehead atoms. The molecule has 78 valence electrons. The van der Waals surface area contributed by atoms with Gasteiger partial charge in [0.15, 0.2) is 0 Å². The summed E-state index contributed by atoms with van der Waals surface area (Å²) in [5.41, 5.74) is 1.78. The SMILES string of the molecule is OCCc1csc(-c2ccc(F)cc2)n1. The van der Waals surface area contributed by atoms with Gasteiger partial charge < -0.3 is 5.11 Å². The van der Waals surface area contributed by atoms with Gasteiger partial charge in [-0.05, 0) is 24.3 Å². The van der Waals surface area contributed by atoms with Crippen LogP contribution >= 0.6 is 11.3 Å². The summed E-state index contributed by atoms with van der Waals surface area (Å²) in [6, 6.07) is 6.25. The Bertz CT molecular complexity index is 438. The number of benzene rings is 1. The van der Waals surface area contributed by atoms with Gasteiger partial charge in [0.25, 0.3) is 0 Å². The van der Waals surface area contributed by atoms with Gasteiger partial charge >= 0.3 is 0 Å². The van der Waals surface area contributed by atoms with Crippen molar-refractivity contribution in [2.75, 3.05) is 6.61 Å². The summed E-state index contributed by atoms with van der Waals surface area (Å²) in [5.74, 6) is -0.245. The lowest BCUT2D eigenvalue weighted by molar-refractivity contribution is 0.298. The summed E-state index contributed by atoms with van der Waals surface area (Å²) in [6.07, 6.45) is 0.567. The van der Waals surface area contributed by atoms with Gasteiger partial charge in [-0.25, -0.2) is 9.37 Å². The zero-order valence-corrected chi connectivity index (χ0v) is 8.80. The van der Waals surface area contributed by atoms with Crippen LogP contribution in [0.15, 0.2) is 29.6 Å². The molecule has 0 fully saturated rings. The number of nitrogens with zero attached hydrogens (tertiary/aromatic N) is 1. The largest absolute Gasteiger partial charge is 0.396 e. The van der Waals surface area contributed by atoms with E-state index in [-0.39, 0.29) is 12.4 Å².